The summed E-state index contributed by atoms with van der Waals surface area (Å²) in [5, 5.41) is 0. The standard InChI is InChI=1S/C17H15NO/c1-2-17(19)18(13-15-9-5-3-6-10-15)14-16-11-7-4-8-12-16/h1,3-12H,13-14H2. The Morgan fingerprint density at radius 3 is 1.68 bits per heavy atom. The van der Waals surface area contributed by atoms with E-state index >= 15 is 0 Å². The van der Waals surface area contributed by atoms with E-state index in [-0.39, 0.29) is 5.91 Å². The fourth-order valence-electron chi connectivity index (χ4n) is 1.90. The van der Waals surface area contributed by atoms with E-state index in [4.69, 9.17) is 6.42 Å². The normalized spacial score (nSPS) is 9.63. The van der Waals surface area contributed by atoms with Gasteiger partial charge in [-0.15, -0.1) is 6.42 Å². The van der Waals surface area contributed by atoms with Crippen LogP contribution in [-0.4, -0.2) is 10.8 Å². The number of carbonyl (C=O) groups excluding carboxylic acids is 1. The highest BCUT2D eigenvalue weighted by Gasteiger charge is 2.11. The molecule has 2 aromatic carbocycles. The Morgan fingerprint density at radius 1 is 0.895 bits per heavy atom. The van der Waals surface area contributed by atoms with Crippen LogP contribution >= 0.6 is 0 Å². The number of rotatable bonds is 4. The highest BCUT2D eigenvalue weighted by atomic mass is 16.2. The van der Waals surface area contributed by atoms with Gasteiger partial charge < -0.3 is 4.90 Å². The number of benzene rings is 2. The second-order valence-electron chi connectivity index (χ2n) is 4.28. The monoisotopic (exact) mass is 249 g/mol. The first-order valence-corrected chi connectivity index (χ1v) is 6.13. The fraction of sp³-hybridized carbons (Fsp3) is 0.118. The van der Waals surface area contributed by atoms with Crippen LogP contribution in [-0.2, 0) is 17.9 Å². The Morgan fingerprint density at radius 2 is 1.32 bits per heavy atom. The minimum absolute atomic E-state index is 0.285. The maximum absolute atomic E-state index is 11.8. The van der Waals surface area contributed by atoms with Crippen molar-refractivity contribution in [2.24, 2.45) is 0 Å². The van der Waals surface area contributed by atoms with Crippen molar-refractivity contribution in [3.05, 3.63) is 71.8 Å². The third kappa shape index (κ3) is 3.72. The van der Waals surface area contributed by atoms with Crippen LogP contribution in [0.25, 0.3) is 0 Å². The largest absolute Gasteiger partial charge is 0.323 e. The lowest BCUT2D eigenvalue weighted by atomic mass is 10.1. The number of hydrogen-bond acceptors (Lipinski definition) is 1. The molecular formula is C17H15NO. The molecule has 0 radical (unpaired) electrons. The smallest absolute Gasteiger partial charge is 0.298 e. The average Bonchev–Trinajstić information content (AvgIpc) is 2.48. The van der Waals surface area contributed by atoms with E-state index in [1.807, 2.05) is 60.7 Å². The summed E-state index contributed by atoms with van der Waals surface area (Å²) in [7, 11) is 0. The number of hydrogen-bond donors (Lipinski definition) is 0. The van der Waals surface area contributed by atoms with Gasteiger partial charge in [-0.3, -0.25) is 4.79 Å². The Balaban J connectivity index is 2.13. The molecule has 0 atom stereocenters. The topological polar surface area (TPSA) is 20.3 Å². The van der Waals surface area contributed by atoms with Crippen molar-refractivity contribution in [1.29, 1.82) is 0 Å². The number of carbonyl (C=O) groups is 1. The molecule has 2 aromatic rings. The summed E-state index contributed by atoms with van der Waals surface area (Å²) < 4.78 is 0. The molecule has 0 unspecified atom stereocenters. The number of nitrogens with zero attached hydrogens (tertiary/aromatic N) is 1. The van der Waals surface area contributed by atoms with Crippen molar-refractivity contribution in [2.75, 3.05) is 0 Å². The molecule has 0 aromatic heterocycles. The van der Waals surface area contributed by atoms with Gasteiger partial charge in [0.2, 0.25) is 0 Å². The van der Waals surface area contributed by atoms with E-state index in [0.717, 1.165) is 11.1 Å². The molecule has 0 N–H and O–H groups in total. The molecule has 0 saturated carbocycles. The molecule has 94 valence electrons. The van der Waals surface area contributed by atoms with Gasteiger partial charge in [-0.2, -0.15) is 0 Å². The summed E-state index contributed by atoms with van der Waals surface area (Å²) in [4.78, 5) is 13.5. The Kier molecular flexibility index (Phi) is 4.36. The molecule has 1 amide bonds. The summed E-state index contributed by atoms with van der Waals surface area (Å²) in [5.74, 6) is 1.91. The third-order valence-corrected chi connectivity index (χ3v) is 2.84. The summed E-state index contributed by atoms with van der Waals surface area (Å²) in [6.45, 7) is 1.05. The van der Waals surface area contributed by atoms with E-state index in [1.165, 1.54) is 0 Å². The molecular weight excluding hydrogens is 234 g/mol. The van der Waals surface area contributed by atoms with Crippen molar-refractivity contribution in [2.45, 2.75) is 13.1 Å². The van der Waals surface area contributed by atoms with Crippen molar-refractivity contribution >= 4 is 5.91 Å². The lowest BCUT2D eigenvalue weighted by molar-refractivity contribution is -0.126. The first-order chi connectivity index (χ1) is 9.29. The fourth-order valence-corrected chi connectivity index (χ4v) is 1.90. The zero-order valence-corrected chi connectivity index (χ0v) is 10.6. The minimum Gasteiger partial charge on any atom is -0.323 e. The van der Waals surface area contributed by atoms with Crippen LogP contribution in [0.1, 0.15) is 11.1 Å². The van der Waals surface area contributed by atoms with Gasteiger partial charge in [-0.05, 0) is 17.0 Å². The van der Waals surface area contributed by atoms with E-state index < -0.39 is 0 Å². The van der Waals surface area contributed by atoms with Crippen LogP contribution in [0.15, 0.2) is 60.7 Å². The van der Waals surface area contributed by atoms with Gasteiger partial charge in [0.05, 0.1) is 0 Å². The molecule has 2 heteroatoms. The summed E-state index contributed by atoms with van der Waals surface area (Å²) in [6, 6.07) is 19.7. The summed E-state index contributed by atoms with van der Waals surface area (Å²) in [5.41, 5.74) is 2.14. The van der Waals surface area contributed by atoms with Crippen molar-refractivity contribution in [3.8, 4) is 12.3 Å². The maximum Gasteiger partial charge on any atom is 0.298 e. The molecule has 0 bridgehead atoms. The SMILES string of the molecule is C#CC(=O)N(Cc1ccccc1)Cc1ccccc1. The minimum atomic E-state index is -0.285. The molecule has 2 rings (SSSR count). The zero-order chi connectivity index (χ0) is 13.5. The van der Waals surface area contributed by atoms with Crippen molar-refractivity contribution in [1.82, 2.24) is 4.90 Å². The van der Waals surface area contributed by atoms with Crippen LogP contribution in [0.5, 0.6) is 0 Å². The number of terminal acetylenes is 1. The molecule has 0 saturated heterocycles. The van der Waals surface area contributed by atoms with Crippen LogP contribution in [0, 0.1) is 12.3 Å². The zero-order valence-electron chi connectivity index (χ0n) is 10.6. The first-order valence-electron chi connectivity index (χ1n) is 6.13. The molecule has 0 aliphatic carbocycles. The molecule has 0 aliphatic rings. The molecule has 0 fully saturated rings. The van der Waals surface area contributed by atoms with Crippen LogP contribution in [0.4, 0.5) is 0 Å². The molecule has 19 heavy (non-hydrogen) atoms. The second-order valence-corrected chi connectivity index (χ2v) is 4.28. The summed E-state index contributed by atoms with van der Waals surface area (Å²) >= 11 is 0. The lowest BCUT2D eigenvalue weighted by Gasteiger charge is -2.20. The molecule has 0 aliphatic heterocycles. The van der Waals surface area contributed by atoms with Crippen LogP contribution < -0.4 is 0 Å². The van der Waals surface area contributed by atoms with Crippen LogP contribution in [0.3, 0.4) is 0 Å². The lowest BCUT2D eigenvalue weighted by Crippen LogP contribution is -2.28. The number of amides is 1. The second kappa shape index (κ2) is 6.42. The predicted octanol–water partition coefficient (Wildman–Crippen LogP) is 2.85. The van der Waals surface area contributed by atoms with Gasteiger partial charge in [0.1, 0.15) is 0 Å². The van der Waals surface area contributed by atoms with Crippen LogP contribution in [0.2, 0.25) is 0 Å². The highest BCUT2D eigenvalue weighted by molar-refractivity contribution is 5.92. The maximum atomic E-state index is 11.8. The van der Waals surface area contributed by atoms with E-state index in [0.29, 0.717) is 13.1 Å². The molecule has 0 spiro atoms. The highest BCUT2D eigenvalue weighted by Crippen LogP contribution is 2.10. The van der Waals surface area contributed by atoms with Crippen molar-refractivity contribution < 1.29 is 4.79 Å². The van der Waals surface area contributed by atoms with Gasteiger partial charge in [-0.1, -0.05) is 60.7 Å². The van der Waals surface area contributed by atoms with Gasteiger partial charge in [-0.25, -0.2) is 0 Å². The Labute approximate surface area is 113 Å². The average molecular weight is 249 g/mol. The van der Waals surface area contributed by atoms with Gasteiger partial charge >= 0.3 is 0 Å². The van der Waals surface area contributed by atoms with Gasteiger partial charge in [0.25, 0.3) is 5.91 Å². The van der Waals surface area contributed by atoms with Gasteiger partial charge in [0.15, 0.2) is 0 Å². The molecule has 0 heterocycles. The van der Waals surface area contributed by atoms with E-state index in [1.54, 1.807) is 4.90 Å². The van der Waals surface area contributed by atoms with E-state index in [9.17, 15) is 4.79 Å². The van der Waals surface area contributed by atoms with E-state index in [2.05, 4.69) is 5.92 Å². The van der Waals surface area contributed by atoms with Gasteiger partial charge in [0, 0.05) is 13.1 Å². The van der Waals surface area contributed by atoms with Crippen molar-refractivity contribution in [3.63, 3.8) is 0 Å². The Hall–Kier alpha value is -2.53. The Bertz CT molecular complexity index is 528. The quantitative estimate of drug-likeness (QED) is 0.763. The summed E-state index contributed by atoms with van der Waals surface area (Å²) in [6.07, 6.45) is 5.24. The third-order valence-electron chi connectivity index (χ3n) is 2.84. The first kappa shape index (κ1) is 12.9. The molecule has 2 nitrogen and oxygen atoms in total. The predicted molar refractivity (Wildman–Crippen MR) is 76.0 cm³/mol.